The summed E-state index contributed by atoms with van der Waals surface area (Å²) in [5.74, 6) is 0.626. The third-order valence-corrected chi connectivity index (χ3v) is 4.88. The van der Waals surface area contributed by atoms with Gasteiger partial charge in [-0.2, -0.15) is 0 Å². The van der Waals surface area contributed by atoms with Gasteiger partial charge in [0.1, 0.15) is 0 Å². The molecule has 0 saturated carbocycles. The lowest BCUT2D eigenvalue weighted by Crippen LogP contribution is -2.47. The van der Waals surface area contributed by atoms with E-state index in [0.717, 1.165) is 39.1 Å². The zero-order valence-electron chi connectivity index (χ0n) is 14.5. The number of carbonyl (C=O) groups excluding carboxylic acids is 1. The highest BCUT2D eigenvalue weighted by Crippen LogP contribution is 2.20. The molecule has 2 fully saturated rings. The van der Waals surface area contributed by atoms with Crippen molar-refractivity contribution in [3.8, 4) is 0 Å². The largest absolute Gasteiger partial charge is 0.376 e. The average Bonchev–Trinajstić information content (AvgIpc) is 3.07. The van der Waals surface area contributed by atoms with E-state index >= 15 is 0 Å². The van der Waals surface area contributed by atoms with Crippen LogP contribution in [0.4, 0.5) is 0 Å². The molecule has 0 unspecified atom stereocenters. The van der Waals surface area contributed by atoms with Gasteiger partial charge in [0.2, 0.25) is 0 Å². The van der Waals surface area contributed by atoms with Crippen molar-refractivity contribution in [2.45, 2.75) is 26.0 Å². The van der Waals surface area contributed by atoms with Gasteiger partial charge in [-0.3, -0.25) is 9.69 Å². The number of carbonyl (C=O) groups is 1. The monoisotopic (exact) mass is 332 g/mol. The van der Waals surface area contributed by atoms with Crippen molar-refractivity contribution in [3.63, 3.8) is 0 Å². The van der Waals surface area contributed by atoms with Gasteiger partial charge in [0.25, 0.3) is 5.91 Å². The minimum Gasteiger partial charge on any atom is -0.376 e. The van der Waals surface area contributed by atoms with Crippen LogP contribution in [0.3, 0.4) is 0 Å². The summed E-state index contributed by atoms with van der Waals surface area (Å²) in [7, 11) is 0. The van der Waals surface area contributed by atoms with Crippen LogP contribution < -0.4 is 0 Å². The smallest absolute Gasteiger partial charge is 0.254 e. The first-order chi connectivity index (χ1) is 11.8. The minimum atomic E-state index is -0.416. The van der Waals surface area contributed by atoms with E-state index in [2.05, 4.69) is 35.2 Å². The third-order valence-electron chi connectivity index (χ3n) is 4.88. The fourth-order valence-electron chi connectivity index (χ4n) is 3.57. The van der Waals surface area contributed by atoms with Gasteiger partial charge in [0, 0.05) is 26.2 Å². The van der Waals surface area contributed by atoms with Crippen molar-refractivity contribution in [2.75, 3.05) is 46.0 Å². The second-order valence-electron chi connectivity index (χ2n) is 6.69. The van der Waals surface area contributed by atoms with Crippen LogP contribution in [0.25, 0.3) is 0 Å². The van der Waals surface area contributed by atoms with E-state index < -0.39 is 6.10 Å². The number of nitrogens with zero attached hydrogens (tertiary/aromatic N) is 2. The molecule has 2 heterocycles. The second-order valence-corrected chi connectivity index (χ2v) is 6.69. The van der Waals surface area contributed by atoms with Crippen LogP contribution in [-0.4, -0.2) is 67.8 Å². The molecule has 2 aliphatic heterocycles. The number of hydrogen-bond donors (Lipinski definition) is 0. The molecule has 5 nitrogen and oxygen atoms in total. The average molecular weight is 332 g/mol. The van der Waals surface area contributed by atoms with E-state index in [0.29, 0.717) is 25.7 Å². The summed E-state index contributed by atoms with van der Waals surface area (Å²) in [5, 5.41) is 0. The van der Waals surface area contributed by atoms with Crippen LogP contribution in [-0.2, 0) is 20.8 Å². The fourth-order valence-corrected chi connectivity index (χ4v) is 3.57. The van der Waals surface area contributed by atoms with Gasteiger partial charge in [-0.25, -0.2) is 0 Å². The van der Waals surface area contributed by atoms with Gasteiger partial charge >= 0.3 is 0 Å². The van der Waals surface area contributed by atoms with Crippen LogP contribution in [0.2, 0.25) is 0 Å². The van der Waals surface area contributed by atoms with Gasteiger partial charge in [0.05, 0.1) is 19.8 Å². The lowest BCUT2D eigenvalue weighted by Gasteiger charge is -2.30. The lowest BCUT2D eigenvalue weighted by atomic mass is 10.1. The summed E-state index contributed by atoms with van der Waals surface area (Å²) in [6.45, 7) is 8.24. The Morgan fingerprint density at radius 1 is 1.29 bits per heavy atom. The number of amides is 1. The van der Waals surface area contributed by atoms with Crippen LogP contribution in [0, 0.1) is 5.92 Å². The molecule has 5 heteroatoms. The Morgan fingerprint density at radius 2 is 2.12 bits per heavy atom. The van der Waals surface area contributed by atoms with Crippen LogP contribution >= 0.6 is 0 Å². The molecule has 2 saturated heterocycles. The van der Waals surface area contributed by atoms with E-state index in [9.17, 15) is 4.79 Å². The number of rotatable bonds is 6. The third kappa shape index (κ3) is 4.56. The van der Waals surface area contributed by atoms with Crippen LogP contribution in [0.15, 0.2) is 30.3 Å². The van der Waals surface area contributed by atoms with Crippen LogP contribution in [0.1, 0.15) is 18.9 Å². The molecular formula is C19H28N2O3. The molecule has 1 aromatic rings. The lowest BCUT2D eigenvalue weighted by molar-refractivity contribution is -0.158. The zero-order chi connectivity index (χ0) is 16.8. The summed E-state index contributed by atoms with van der Waals surface area (Å²) >= 11 is 0. The first-order valence-electron chi connectivity index (χ1n) is 9.00. The van der Waals surface area contributed by atoms with Gasteiger partial charge in [0.15, 0.2) is 6.10 Å². The zero-order valence-corrected chi connectivity index (χ0v) is 14.5. The van der Waals surface area contributed by atoms with Gasteiger partial charge < -0.3 is 14.4 Å². The molecule has 132 valence electrons. The quantitative estimate of drug-likeness (QED) is 0.796. The first-order valence-corrected chi connectivity index (χ1v) is 9.00. The van der Waals surface area contributed by atoms with E-state index in [1.807, 2.05) is 11.8 Å². The Labute approximate surface area is 144 Å². The van der Waals surface area contributed by atoms with E-state index in [1.54, 1.807) is 0 Å². The normalized spacial score (nSPS) is 24.9. The summed E-state index contributed by atoms with van der Waals surface area (Å²) in [4.78, 5) is 17.0. The SMILES string of the molecule is CCN(C[C@H]1CCN(Cc2ccccc2)C1)C(=O)[C@@H]1COCCO1. The van der Waals surface area contributed by atoms with E-state index in [-0.39, 0.29) is 5.91 Å². The maximum absolute atomic E-state index is 12.6. The Morgan fingerprint density at radius 3 is 2.83 bits per heavy atom. The molecule has 1 aromatic carbocycles. The Kier molecular flexibility index (Phi) is 6.24. The van der Waals surface area contributed by atoms with Gasteiger partial charge in [-0.05, 0) is 31.4 Å². The second kappa shape index (κ2) is 8.60. The van der Waals surface area contributed by atoms with Crippen molar-refractivity contribution >= 4 is 5.91 Å². The highest BCUT2D eigenvalue weighted by molar-refractivity contribution is 5.81. The Balaban J connectivity index is 1.48. The molecular weight excluding hydrogens is 304 g/mol. The molecule has 0 aromatic heterocycles. The molecule has 3 rings (SSSR count). The summed E-state index contributed by atoms with van der Waals surface area (Å²) in [6.07, 6.45) is 0.735. The molecule has 0 spiro atoms. The van der Waals surface area contributed by atoms with Gasteiger partial charge in [-0.1, -0.05) is 30.3 Å². The number of likely N-dealkylation sites (N-methyl/N-ethyl adjacent to an activating group) is 1. The molecule has 0 N–H and O–H groups in total. The summed E-state index contributed by atoms with van der Waals surface area (Å²) in [6, 6.07) is 10.6. The number of likely N-dealkylation sites (tertiary alicyclic amines) is 1. The van der Waals surface area contributed by atoms with Crippen molar-refractivity contribution in [1.82, 2.24) is 9.80 Å². The predicted molar refractivity (Wildman–Crippen MR) is 92.6 cm³/mol. The van der Waals surface area contributed by atoms with Gasteiger partial charge in [-0.15, -0.1) is 0 Å². The maximum atomic E-state index is 12.6. The molecule has 2 atom stereocenters. The number of hydrogen-bond acceptors (Lipinski definition) is 4. The standard InChI is InChI=1S/C19H28N2O3/c1-2-21(19(22)18-15-23-10-11-24-18)14-17-8-9-20(13-17)12-16-6-4-3-5-7-16/h3-7,17-18H,2,8-15H2,1H3/t17-,18-/m0/s1. The molecule has 0 aliphatic carbocycles. The topological polar surface area (TPSA) is 42.0 Å². The molecule has 0 radical (unpaired) electrons. The highest BCUT2D eigenvalue weighted by atomic mass is 16.6. The molecule has 1 amide bonds. The fraction of sp³-hybridized carbons (Fsp3) is 0.632. The van der Waals surface area contributed by atoms with Crippen molar-refractivity contribution in [3.05, 3.63) is 35.9 Å². The van der Waals surface area contributed by atoms with Crippen molar-refractivity contribution in [2.24, 2.45) is 5.92 Å². The van der Waals surface area contributed by atoms with E-state index in [1.165, 1.54) is 5.56 Å². The molecule has 2 aliphatic rings. The Hall–Kier alpha value is -1.43. The molecule has 24 heavy (non-hydrogen) atoms. The van der Waals surface area contributed by atoms with Crippen LogP contribution in [0.5, 0.6) is 0 Å². The molecule has 0 bridgehead atoms. The number of ether oxygens (including phenoxy) is 2. The first kappa shape index (κ1) is 17.4. The van der Waals surface area contributed by atoms with E-state index in [4.69, 9.17) is 9.47 Å². The summed E-state index contributed by atoms with van der Waals surface area (Å²) in [5.41, 5.74) is 1.36. The Bertz CT molecular complexity index is 517. The van der Waals surface area contributed by atoms with Crippen molar-refractivity contribution in [1.29, 1.82) is 0 Å². The number of benzene rings is 1. The predicted octanol–water partition coefficient (Wildman–Crippen LogP) is 1.77. The highest BCUT2D eigenvalue weighted by Gasteiger charge is 2.30. The maximum Gasteiger partial charge on any atom is 0.254 e. The van der Waals surface area contributed by atoms with Crippen molar-refractivity contribution < 1.29 is 14.3 Å². The summed E-state index contributed by atoms with van der Waals surface area (Å²) < 4.78 is 10.9. The minimum absolute atomic E-state index is 0.0821.